The van der Waals surface area contributed by atoms with E-state index >= 15 is 0 Å². The SMILES string of the molecule is c1ccc(-c2ccc(N(c3ccc([Si](c4ccccc4)(c4ccccc4)c4ccccc4)cc3)c3ccc4c(c3)C3(c5ccccc5Sc5ccccc53)c3ccccc3[Si]4c3ccccc3)cc2)cc1. The number of benzene rings is 11. The zero-order valence-corrected chi connectivity index (χ0v) is 41.9. The molecule has 4 heteroatoms. The van der Waals surface area contributed by atoms with Crippen molar-refractivity contribution in [1.29, 1.82) is 0 Å². The van der Waals surface area contributed by atoms with Gasteiger partial charge in [-0.3, -0.25) is 0 Å². The maximum absolute atomic E-state index is 2.77. The maximum atomic E-state index is 2.57. The van der Waals surface area contributed by atoms with Gasteiger partial charge in [-0.1, -0.05) is 260 Å². The third-order valence-electron chi connectivity index (χ3n) is 14.8. The van der Waals surface area contributed by atoms with Crippen LogP contribution in [0, 0.1) is 0 Å². The third kappa shape index (κ3) is 7.05. The summed E-state index contributed by atoms with van der Waals surface area (Å²) in [5.41, 5.74) is 10.6. The van der Waals surface area contributed by atoms with E-state index in [1.165, 1.54) is 79.5 Å². The van der Waals surface area contributed by atoms with Gasteiger partial charge in [-0.2, -0.15) is 0 Å². The molecule has 11 aromatic carbocycles. The fraction of sp³-hybridized carbons (Fsp3) is 0.0149. The van der Waals surface area contributed by atoms with Crippen molar-refractivity contribution in [3.8, 4) is 11.1 Å². The summed E-state index contributed by atoms with van der Waals surface area (Å²) in [6.07, 6.45) is 0. The predicted molar refractivity (Wildman–Crippen MR) is 304 cm³/mol. The highest BCUT2D eigenvalue weighted by Gasteiger charge is 2.51. The van der Waals surface area contributed by atoms with Gasteiger partial charge in [0.15, 0.2) is 16.9 Å². The van der Waals surface area contributed by atoms with E-state index in [1.54, 1.807) is 0 Å². The van der Waals surface area contributed by atoms with Crippen molar-refractivity contribution in [3.05, 3.63) is 313 Å². The molecule has 1 spiro atoms. The van der Waals surface area contributed by atoms with Crippen LogP contribution in [0.5, 0.6) is 0 Å². The summed E-state index contributed by atoms with van der Waals surface area (Å²) in [5, 5.41) is 9.70. The van der Waals surface area contributed by atoms with Gasteiger partial charge in [0.2, 0.25) is 0 Å². The van der Waals surface area contributed by atoms with E-state index in [1.807, 2.05) is 11.8 Å². The highest BCUT2D eigenvalue weighted by molar-refractivity contribution is 7.99. The molecule has 2 aliphatic heterocycles. The van der Waals surface area contributed by atoms with Crippen LogP contribution in [0.4, 0.5) is 17.1 Å². The molecule has 0 fully saturated rings. The van der Waals surface area contributed by atoms with Gasteiger partial charge in [-0.05, 0) is 113 Å². The number of hydrogen-bond donors (Lipinski definition) is 0. The average Bonchev–Trinajstić information content (AvgIpc) is 3.45. The molecule has 0 N–H and O–H groups in total. The summed E-state index contributed by atoms with van der Waals surface area (Å²) in [6, 6.07) is 110. The molecule has 0 aliphatic carbocycles. The normalized spacial score (nSPS) is 13.4. The summed E-state index contributed by atoms with van der Waals surface area (Å²) in [6.45, 7) is 0. The Kier molecular flexibility index (Phi) is 11.0. The van der Waals surface area contributed by atoms with Crippen molar-refractivity contribution >= 4 is 82.0 Å². The van der Waals surface area contributed by atoms with Crippen LogP contribution in [-0.4, -0.2) is 16.9 Å². The Morgan fingerprint density at radius 1 is 0.310 bits per heavy atom. The Balaban J connectivity index is 1.07. The molecule has 2 heterocycles. The van der Waals surface area contributed by atoms with Crippen molar-refractivity contribution in [1.82, 2.24) is 0 Å². The largest absolute Gasteiger partial charge is 0.310 e. The summed E-state index contributed by atoms with van der Waals surface area (Å²) in [4.78, 5) is 5.10. The van der Waals surface area contributed by atoms with E-state index in [-0.39, 0.29) is 0 Å². The molecule has 0 aromatic heterocycles. The minimum absolute atomic E-state index is 0.553. The molecule has 0 unspecified atom stereocenters. The smallest absolute Gasteiger partial charge is 0.179 e. The predicted octanol–water partition coefficient (Wildman–Crippen LogP) is 11.9. The first-order chi connectivity index (χ1) is 35.2. The van der Waals surface area contributed by atoms with Gasteiger partial charge in [-0.15, -0.1) is 0 Å². The van der Waals surface area contributed by atoms with Gasteiger partial charge in [0.25, 0.3) is 0 Å². The lowest BCUT2D eigenvalue weighted by Gasteiger charge is -2.48. The van der Waals surface area contributed by atoms with Gasteiger partial charge in [-0.25, -0.2) is 0 Å². The van der Waals surface area contributed by atoms with Gasteiger partial charge < -0.3 is 4.90 Å². The molecule has 0 saturated carbocycles. The lowest BCUT2D eigenvalue weighted by molar-refractivity contribution is 0.708. The monoisotopic (exact) mass is 954 g/mol. The molecular weight excluding hydrogens is 907 g/mol. The Hall–Kier alpha value is -8.00. The van der Waals surface area contributed by atoms with Gasteiger partial charge in [0, 0.05) is 26.9 Å². The van der Waals surface area contributed by atoms with Crippen molar-refractivity contribution in [2.24, 2.45) is 0 Å². The second-order valence-electron chi connectivity index (χ2n) is 18.5. The minimum Gasteiger partial charge on any atom is -0.310 e. The number of rotatable bonds is 9. The van der Waals surface area contributed by atoms with E-state index in [4.69, 9.17) is 0 Å². The highest BCUT2D eigenvalue weighted by atomic mass is 32.2. The van der Waals surface area contributed by atoms with E-state index in [0.717, 1.165) is 17.1 Å². The molecule has 0 bridgehead atoms. The van der Waals surface area contributed by atoms with Crippen LogP contribution in [0.25, 0.3) is 11.1 Å². The zero-order chi connectivity index (χ0) is 47.2. The van der Waals surface area contributed by atoms with Crippen LogP contribution >= 0.6 is 11.8 Å². The fourth-order valence-electron chi connectivity index (χ4n) is 11.8. The molecule has 335 valence electrons. The van der Waals surface area contributed by atoms with E-state index in [2.05, 4.69) is 296 Å². The van der Waals surface area contributed by atoms with Crippen LogP contribution in [0.15, 0.2) is 301 Å². The third-order valence-corrected chi connectivity index (χ3v) is 23.6. The number of anilines is 3. The van der Waals surface area contributed by atoms with Crippen molar-refractivity contribution in [2.45, 2.75) is 15.2 Å². The lowest BCUT2D eigenvalue weighted by Crippen LogP contribution is -2.74. The van der Waals surface area contributed by atoms with Crippen molar-refractivity contribution in [3.63, 3.8) is 0 Å². The van der Waals surface area contributed by atoms with Gasteiger partial charge in [0.05, 0.1) is 5.41 Å². The van der Waals surface area contributed by atoms with Crippen molar-refractivity contribution in [2.75, 3.05) is 4.90 Å². The summed E-state index contributed by atoms with van der Waals surface area (Å²) in [7, 11) is -4.21. The van der Waals surface area contributed by atoms with Crippen LogP contribution in [-0.2, 0) is 5.41 Å². The highest BCUT2D eigenvalue weighted by Crippen LogP contribution is 2.56. The Labute approximate surface area is 424 Å². The molecule has 0 atom stereocenters. The lowest BCUT2D eigenvalue weighted by atomic mass is 9.64. The van der Waals surface area contributed by atoms with Crippen LogP contribution < -0.4 is 41.2 Å². The Morgan fingerprint density at radius 3 is 1.25 bits per heavy atom. The first-order valence-electron chi connectivity index (χ1n) is 24.5. The second-order valence-corrected chi connectivity index (χ2v) is 25.8. The summed E-state index contributed by atoms with van der Waals surface area (Å²) < 4.78 is 0. The zero-order valence-electron chi connectivity index (χ0n) is 39.1. The number of hydrogen-bond acceptors (Lipinski definition) is 2. The molecule has 11 aromatic rings. The average molecular weight is 955 g/mol. The molecule has 1 nitrogen and oxygen atoms in total. The van der Waals surface area contributed by atoms with Crippen molar-refractivity contribution < 1.29 is 0 Å². The Bertz CT molecular complexity index is 3520. The van der Waals surface area contributed by atoms with Gasteiger partial charge in [0.1, 0.15) is 0 Å². The second kappa shape index (κ2) is 18.1. The number of fused-ring (bicyclic) bond motifs is 8. The van der Waals surface area contributed by atoms with E-state index in [9.17, 15) is 0 Å². The van der Waals surface area contributed by atoms with Crippen LogP contribution in [0.1, 0.15) is 22.3 Å². The standard InChI is InChI=1S/C67H48NSSi2/c1-6-22-49(23-7-1)50-38-40-51(41-39-50)68(52-42-45-58(46-43-52)71(55-26-10-3-11-27-55,56-28-12-4-13-29-56)57-30-14-5-15-31-57)53-44-47-66-62(48-53)67(59-32-16-19-35-63(59)69-64-36-20-17-33-60(64)67)61-34-18-21-37-65(61)70(66)54-24-8-2-9-25-54/h1-48H. The van der Waals surface area contributed by atoms with Gasteiger partial charge >= 0.3 is 0 Å². The fourth-order valence-corrected chi connectivity index (χ4v) is 20.8. The molecule has 1 radical (unpaired) electrons. The maximum Gasteiger partial charge on any atom is 0.179 e. The van der Waals surface area contributed by atoms with Crippen LogP contribution in [0.3, 0.4) is 0 Å². The molecule has 0 saturated heterocycles. The quantitative estimate of drug-likeness (QED) is 0.105. The first-order valence-corrected chi connectivity index (χ1v) is 28.8. The number of nitrogens with zero attached hydrogens (tertiary/aromatic N) is 1. The molecular formula is C67H48NSSi2. The van der Waals surface area contributed by atoms with E-state index in [0.29, 0.717) is 0 Å². The topological polar surface area (TPSA) is 3.24 Å². The van der Waals surface area contributed by atoms with Crippen LogP contribution in [0.2, 0.25) is 0 Å². The van der Waals surface area contributed by atoms with E-state index < -0.39 is 22.3 Å². The molecule has 13 rings (SSSR count). The summed E-state index contributed by atoms with van der Waals surface area (Å²) >= 11 is 1.90. The first kappa shape index (κ1) is 43.1. The minimum atomic E-state index is -2.77. The molecule has 71 heavy (non-hydrogen) atoms. The Morgan fingerprint density at radius 2 is 0.704 bits per heavy atom. The molecule has 0 amide bonds. The summed E-state index contributed by atoms with van der Waals surface area (Å²) in [5.74, 6) is 0. The molecule has 2 aliphatic rings.